The van der Waals surface area contributed by atoms with Gasteiger partial charge in [0.25, 0.3) is 0 Å². The van der Waals surface area contributed by atoms with Crippen LogP contribution in [0.5, 0.6) is 0 Å². The minimum absolute atomic E-state index is 0.0437. The van der Waals surface area contributed by atoms with Crippen LogP contribution in [0.1, 0.15) is 23.0 Å². The molecule has 4 rings (SSSR count). The van der Waals surface area contributed by atoms with Crippen molar-refractivity contribution < 1.29 is 9.90 Å². The highest BCUT2D eigenvalue weighted by Crippen LogP contribution is 2.31. The van der Waals surface area contributed by atoms with Gasteiger partial charge in [-0.1, -0.05) is 36.7 Å². The van der Waals surface area contributed by atoms with E-state index in [-0.39, 0.29) is 24.2 Å². The third-order valence-corrected chi connectivity index (χ3v) is 6.63. The number of Topliss-reactive ketones (excluding diaryl/α,β-unsaturated/α-hetero) is 1. The SMILES string of the molecule is C[C@H]1CN(c2ccncc2CC(=O)c2csc(-c3ccccc3Cl)n2)C[C@@H](N)[C@@H]1O. The summed E-state index contributed by atoms with van der Waals surface area (Å²) in [6.45, 7) is 3.19. The molecule has 3 heterocycles. The van der Waals surface area contributed by atoms with Crippen molar-refractivity contribution in [2.75, 3.05) is 18.0 Å². The maximum Gasteiger partial charge on any atom is 0.186 e. The van der Waals surface area contributed by atoms with Crippen LogP contribution in [0, 0.1) is 5.92 Å². The lowest BCUT2D eigenvalue weighted by molar-refractivity contribution is 0.0784. The number of benzene rings is 1. The Hall–Kier alpha value is -2.32. The van der Waals surface area contributed by atoms with Gasteiger partial charge in [-0.15, -0.1) is 11.3 Å². The molecule has 1 aliphatic heterocycles. The lowest BCUT2D eigenvalue weighted by Crippen LogP contribution is -2.55. The van der Waals surface area contributed by atoms with Crippen LogP contribution >= 0.6 is 22.9 Å². The van der Waals surface area contributed by atoms with E-state index >= 15 is 0 Å². The van der Waals surface area contributed by atoms with Gasteiger partial charge in [0.05, 0.1) is 11.1 Å². The number of aromatic nitrogens is 2. The number of piperidine rings is 1. The Kier molecular flexibility index (Phi) is 6.15. The van der Waals surface area contributed by atoms with Crippen molar-refractivity contribution in [3.8, 4) is 10.6 Å². The molecular formula is C22H23ClN4O2S. The van der Waals surface area contributed by atoms with Gasteiger partial charge in [0.15, 0.2) is 5.78 Å². The van der Waals surface area contributed by atoms with Crippen LogP contribution in [0.3, 0.4) is 0 Å². The first-order valence-corrected chi connectivity index (χ1v) is 11.0. The Balaban J connectivity index is 1.54. The van der Waals surface area contributed by atoms with Crippen molar-refractivity contribution in [2.45, 2.75) is 25.5 Å². The summed E-state index contributed by atoms with van der Waals surface area (Å²) < 4.78 is 0. The van der Waals surface area contributed by atoms with Gasteiger partial charge in [0.1, 0.15) is 10.7 Å². The van der Waals surface area contributed by atoms with Crippen molar-refractivity contribution in [3.63, 3.8) is 0 Å². The lowest BCUT2D eigenvalue weighted by atomic mass is 9.92. The Morgan fingerprint density at radius 1 is 1.33 bits per heavy atom. The summed E-state index contributed by atoms with van der Waals surface area (Å²) in [4.78, 5) is 23.8. The van der Waals surface area contributed by atoms with Crippen molar-refractivity contribution >= 4 is 34.4 Å². The average molecular weight is 443 g/mol. The molecule has 3 aromatic rings. The molecule has 0 aliphatic carbocycles. The summed E-state index contributed by atoms with van der Waals surface area (Å²) in [5, 5.41) is 13.3. The monoisotopic (exact) mass is 442 g/mol. The van der Waals surface area contributed by atoms with E-state index in [4.69, 9.17) is 17.3 Å². The smallest absolute Gasteiger partial charge is 0.186 e. The van der Waals surface area contributed by atoms with Gasteiger partial charge < -0.3 is 15.7 Å². The minimum atomic E-state index is -0.522. The van der Waals surface area contributed by atoms with E-state index in [1.54, 1.807) is 17.8 Å². The fourth-order valence-electron chi connectivity index (χ4n) is 3.80. The van der Waals surface area contributed by atoms with Gasteiger partial charge in [-0.3, -0.25) is 9.78 Å². The Morgan fingerprint density at radius 3 is 2.90 bits per heavy atom. The van der Waals surface area contributed by atoms with Crippen LogP contribution in [-0.2, 0) is 6.42 Å². The number of hydrogen-bond acceptors (Lipinski definition) is 7. The van der Waals surface area contributed by atoms with Gasteiger partial charge in [0, 0.05) is 66.1 Å². The highest BCUT2D eigenvalue weighted by atomic mass is 35.5. The molecule has 1 saturated heterocycles. The molecule has 1 fully saturated rings. The Morgan fingerprint density at radius 2 is 2.13 bits per heavy atom. The second-order valence-electron chi connectivity index (χ2n) is 7.66. The maximum absolute atomic E-state index is 13.0. The second kappa shape index (κ2) is 8.81. The number of carbonyl (C=O) groups is 1. The van der Waals surface area contributed by atoms with Crippen LogP contribution in [0.4, 0.5) is 5.69 Å². The second-order valence-corrected chi connectivity index (χ2v) is 8.92. The Bertz CT molecular complexity index is 1040. The molecule has 2 aromatic heterocycles. The molecule has 0 radical (unpaired) electrons. The number of halogens is 1. The molecule has 3 N–H and O–H groups in total. The highest BCUT2D eigenvalue weighted by Gasteiger charge is 2.32. The van der Waals surface area contributed by atoms with E-state index in [0.717, 1.165) is 21.8 Å². The number of hydrogen-bond donors (Lipinski definition) is 2. The zero-order valence-electron chi connectivity index (χ0n) is 16.5. The van der Waals surface area contributed by atoms with Crippen LogP contribution in [0.15, 0.2) is 48.1 Å². The third-order valence-electron chi connectivity index (χ3n) is 5.42. The molecule has 0 bridgehead atoms. The molecule has 8 heteroatoms. The summed E-state index contributed by atoms with van der Waals surface area (Å²) in [6.07, 6.45) is 3.10. The highest BCUT2D eigenvalue weighted by molar-refractivity contribution is 7.13. The molecule has 6 nitrogen and oxygen atoms in total. The van der Waals surface area contributed by atoms with Crippen LogP contribution < -0.4 is 10.6 Å². The van der Waals surface area contributed by atoms with Crippen LogP contribution in [-0.4, -0.2) is 46.1 Å². The van der Waals surface area contributed by atoms with Gasteiger partial charge in [-0.25, -0.2) is 4.98 Å². The first kappa shape index (κ1) is 20.9. The summed E-state index contributed by atoms with van der Waals surface area (Å²) in [5.74, 6) is -0.0321. The topological polar surface area (TPSA) is 92.3 Å². The summed E-state index contributed by atoms with van der Waals surface area (Å²) >= 11 is 7.66. The summed E-state index contributed by atoms with van der Waals surface area (Å²) in [5.41, 5.74) is 9.10. The number of rotatable bonds is 5. The standard InChI is InChI=1S/C22H23ClN4O2S/c1-13-10-27(11-17(24)21(13)29)19-6-7-25-9-14(19)8-20(28)18-12-30-22(26-18)15-4-2-3-5-16(15)23/h2-7,9,12-13,17,21,29H,8,10-11,24H2,1H3/t13-,17+,21+/m0/s1. The molecule has 0 spiro atoms. The zero-order valence-corrected chi connectivity index (χ0v) is 18.1. The van der Waals surface area contributed by atoms with E-state index in [1.807, 2.05) is 37.3 Å². The molecule has 30 heavy (non-hydrogen) atoms. The average Bonchev–Trinajstić information content (AvgIpc) is 3.22. The molecule has 0 saturated carbocycles. The Labute approximate surface area is 184 Å². The number of ketones is 1. The number of carbonyl (C=O) groups excluding carboxylic acids is 1. The lowest BCUT2D eigenvalue weighted by Gasteiger charge is -2.40. The van der Waals surface area contributed by atoms with Crippen molar-refractivity contribution in [1.29, 1.82) is 0 Å². The number of anilines is 1. The molecule has 1 aromatic carbocycles. The van der Waals surface area contributed by atoms with Gasteiger partial charge in [-0.2, -0.15) is 0 Å². The van der Waals surface area contributed by atoms with Crippen LogP contribution in [0.2, 0.25) is 5.02 Å². The first-order chi connectivity index (χ1) is 14.4. The molecular weight excluding hydrogens is 420 g/mol. The van der Waals surface area contributed by atoms with Crippen molar-refractivity contribution in [3.05, 3.63) is 64.4 Å². The number of pyridine rings is 1. The molecule has 0 unspecified atom stereocenters. The number of aliphatic hydroxyl groups is 1. The number of aliphatic hydroxyl groups excluding tert-OH is 1. The minimum Gasteiger partial charge on any atom is -0.391 e. The zero-order chi connectivity index (χ0) is 21.3. The summed E-state index contributed by atoms with van der Waals surface area (Å²) in [6, 6.07) is 9.03. The van der Waals surface area contributed by atoms with E-state index in [2.05, 4.69) is 14.9 Å². The largest absolute Gasteiger partial charge is 0.391 e. The number of nitrogens with two attached hydrogens (primary N) is 1. The quantitative estimate of drug-likeness (QED) is 0.588. The van der Waals surface area contributed by atoms with Crippen molar-refractivity contribution in [2.24, 2.45) is 11.7 Å². The number of nitrogens with zero attached hydrogens (tertiary/aromatic N) is 3. The van der Waals surface area contributed by atoms with E-state index in [1.165, 1.54) is 11.3 Å². The van der Waals surface area contributed by atoms with E-state index < -0.39 is 6.10 Å². The third kappa shape index (κ3) is 4.25. The van der Waals surface area contributed by atoms with Gasteiger partial charge in [-0.05, 0) is 12.1 Å². The molecule has 156 valence electrons. The first-order valence-electron chi connectivity index (χ1n) is 9.79. The van der Waals surface area contributed by atoms with E-state index in [0.29, 0.717) is 23.8 Å². The normalized spacial score (nSPS) is 21.6. The van der Waals surface area contributed by atoms with Gasteiger partial charge in [0.2, 0.25) is 0 Å². The number of thiazole rings is 1. The molecule has 3 atom stereocenters. The fourth-order valence-corrected chi connectivity index (χ4v) is 4.94. The molecule has 0 amide bonds. The van der Waals surface area contributed by atoms with Crippen LogP contribution in [0.25, 0.3) is 10.6 Å². The van der Waals surface area contributed by atoms with E-state index in [9.17, 15) is 9.90 Å². The predicted octanol–water partition coefficient (Wildman–Crippen LogP) is 3.43. The summed E-state index contributed by atoms with van der Waals surface area (Å²) in [7, 11) is 0. The maximum atomic E-state index is 13.0. The van der Waals surface area contributed by atoms with Gasteiger partial charge >= 0.3 is 0 Å². The fraction of sp³-hybridized carbons (Fsp3) is 0.318. The molecule has 1 aliphatic rings. The predicted molar refractivity (Wildman–Crippen MR) is 120 cm³/mol. The van der Waals surface area contributed by atoms with Crippen molar-refractivity contribution in [1.82, 2.24) is 9.97 Å².